The van der Waals surface area contributed by atoms with Crippen molar-refractivity contribution in [3.05, 3.63) is 0 Å². The lowest BCUT2D eigenvalue weighted by Crippen LogP contribution is -2.67. The van der Waals surface area contributed by atoms with Crippen LogP contribution in [-0.2, 0) is 0 Å². The molecule has 1 aliphatic heterocycles. The first kappa shape index (κ1) is 9.01. The van der Waals surface area contributed by atoms with Gasteiger partial charge in [0.2, 0.25) is 0 Å². The average molecular weight is 157 g/mol. The summed E-state index contributed by atoms with van der Waals surface area (Å²) in [4.78, 5) is 2.55. The molecule has 0 aromatic carbocycles. The molecule has 2 nitrogen and oxygen atoms in total. The van der Waals surface area contributed by atoms with Gasteiger partial charge in [0.15, 0.2) is 0 Å². The molecule has 1 rings (SSSR count). The summed E-state index contributed by atoms with van der Waals surface area (Å²) in [7, 11) is 4.56. The lowest BCUT2D eigenvalue weighted by atomic mass is 10.0. The summed E-state index contributed by atoms with van der Waals surface area (Å²) < 4.78 is 1.16. The van der Waals surface area contributed by atoms with Crippen LogP contribution in [0.25, 0.3) is 0 Å². The maximum Gasteiger partial charge on any atom is 0.140 e. The van der Waals surface area contributed by atoms with Crippen molar-refractivity contribution in [3.63, 3.8) is 0 Å². The second-order valence-electron chi connectivity index (χ2n) is 4.79. The molecule has 0 spiro atoms. The molecule has 0 aromatic rings. The van der Waals surface area contributed by atoms with Gasteiger partial charge in [0.25, 0.3) is 0 Å². The van der Waals surface area contributed by atoms with Crippen LogP contribution in [0.2, 0.25) is 0 Å². The van der Waals surface area contributed by atoms with Gasteiger partial charge in [-0.15, -0.1) is 0 Å². The fraction of sp³-hybridized carbons (Fsp3) is 1.00. The molecule has 0 saturated carbocycles. The first-order chi connectivity index (χ1) is 4.92. The largest absolute Gasteiger partial charge is 0.303 e. The molecule has 1 unspecified atom stereocenters. The molecular formula is C9H21N2+. The number of hydrogen-bond donors (Lipinski definition) is 0. The van der Waals surface area contributed by atoms with Crippen LogP contribution in [-0.4, -0.2) is 42.9 Å². The second kappa shape index (κ2) is 2.76. The minimum atomic E-state index is 0.751. The summed E-state index contributed by atoms with van der Waals surface area (Å²) in [6, 6.07) is 0.751. The van der Waals surface area contributed by atoms with E-state index in [0.29, 0.717) is 0 Å². The molecule has 11 heavy (non-hydrogen) atoms. The fourth-order valence-electron chi connectivity index (χ4n) is 1.62. The van der Waals surface area contributed by atoms with Crippen molar-refractivity contribution < 1.29 is 4.48 Å². The SMILES string of the molecule is CC(C)C(C)N1C[N+](C)(C)C1. The van der Waals surface area contributed by atoms with Gasteiger partial charge in [-0.25, -0.2) is 4.90 Å². The molecule has 2 heteroatoms. The van der Waals surface area contributed by atoms with E-state index < -0.39 is 0 Å². The average Bonchev–Trinajstić information content (AvgIpc) is 1.80. The molecule has 0 N–H and O–H groups in total. The van der Waals surface area contributed by atoms with Crippen LogP contribution in [0.3, 0.4) is 0 Å². The highest BCUT2D eigenvalue weighted by Gasteiger charge is 2.37. The highest BCUT2D eigenvalue weighted by Crippen LogP contribution is 2.21. The van der Waals surface area contributed by atoms with Gasteiger partial charge in [0, 0.05) is 6.04 Å². The van der Waals surface area contributed by atoms with E-state index in [1.54, 1.807) is 0 Å². The summed E-state index contributed by atoms with van der Waals surface area (Å²) >= 11 is 0. The Morgan fingerprint density at radius 1 is 1.09 bits per heavy atom. The Balaban J connectivity index is 2.32. The zero-order valence-corrected chi connectivity index (χ0v) is 8.46. The molecule has 1 heterocycles. The van der Waals surface area contributed by atoms with Crippen molar-refractivity contribution >= 4 is 0 Å². The Hall–Kier alpha value is -0.0800. The molecule has 66 valence electrons. The Morgan fingerprint density at radius 3 is 1.82 bits per heavy atom. The van der Waals surface area contributed by atoms with E-state index in [0.717, 1.165) is 16.4 Å². The van der Waals surface area contributed by atoms with Gasteiger partial charge in [-0.05, 0) is 12.8 Å². The third-order valence-electron chi connectivity index (χ3n) is 2.67. The maximum absolute atomic E-state index is 2.55. The minimum absolute atomic E-state index is 0.751. The smallest absolute Gasteiger partial charge is 0.140 e. The quantitative estimate of drug-likeness (QED) is 0.547. The summed E-state index contributed by atoms with van der Waals surface area (Å²) in [6.07, 6.45) is 0. The van der Waals surface area contributed by atoms with Gasteiger partial charge in [-0.2, -0.15) is 0 Å². The van der Waals surface area contributed by atoms with Crippen molar-refractivity contribution in [1.82, 2.24) is 4.90 Å². The highest BCUT2D eigenvalue weighted by atomic mass is 15.6. The number of hydrogen-bond acceptors (Lipinski definition) is 1. The molecule has 0 bridgehead atoms. The first-order valence-corrected chi connectivity index (χ1v) is 4.48. The highest BCUT2D eigenvalue weighted by molar-refractivity contribution is 4.69. The van der Waals surface area contributed by atoms with Crippen molar-refractivity contribution in [2.24, 2.45) is 5.92 Å². The summed E-state index contributed by atoms with van der Waals surface area (Å²) in [5.74, 6) is 0.787. The van der Waals surface area contributed by atoms with Crippen LogP contribution >= 0.6 is 0 Å². The minimum Gasteiger partial charge on any atom is -0.303 e. The van der Waals surface area contributed by atoms with E-state index in [1.165, 1.54) is 13.3 Å². The van der Waals surface area contributed by atoms with E-state index in [-0.39, 0.29) is 0 Å². The molecule has 0 radical (unpaired) electrons. The van der Waals surface area contributed by atoms with Gasteiger partial charge >= 0.3 is 0 Å². The lowest BCUT2D eigenvalue weighted by Gasteiger charge is -2.50. The van der Waals surface area contributed by atoms with E-state index in [9.17, 15) is 0 Å². The van der Waals surface area contributed by atoms with E-state index in [4.69, 9.17) is 0 Å². The fourth-order valence-corrected chi connectivity index (χ4v) is 1.62. The predicted octanol–water partition coefficient (Wildman–Crippen LogP) is 1.34. The predicted molar refractivity (Wildman–Crippen MR) is 48.0 cm³/mol. The van der Waals surface area contributed by atoms with Crippen LogP contribution in [0.1, 0.15) is 20.8 Å². The van der Waals surface area contributed by atoms with Crippen LogP contribution in [0.5, 0.6) is 0 Å². The molecule has 1 atom stereocenters. The van der Waals surface area contributed by atoms with E-state index >= 15 is 0 Å². The first-order valence-electron chi connectivity index (χ1n) is 4.48. The third kappa shape index (κ3) is 1.94. The summed E-state index contributed by atoms with van der Waals surface area (Å²) in [5, 5.41) is 0. The van der Waals surface area contributed by atoms with Crippen molar-refractivity contribution in [2.45, 2.75) is 26.8 Å². The lowest BCUT2D eigenvalue weighted by molar-refractivity contribution is -0.964. The van der Waals surface area contributed by atoms with Crippen LogP contribution in [0.15, 0.2) is 0 Å². The topological polar surface area (TPSA) is 3.24 Å². The monoisotopic (exact) mass is 157 g/mol. The molecule has 1 aliphatic rings. The van der Waals surface area contributed by atoms with E-state index in [1.807, 2.05) is 0 Å². The van der Waals surface area contributed by atoms with Crippen molar-refractivity contribution in [2.75, 3.05) is 27.4 Å². The number of rotatable bonds is 2. The van der Waals surface area contributed by atoms with Crippen molar-refractivity contribution in [3.8, 4) is 0 Å². The summed E-state index contributed by atoms with van der Waals surface area (Å²) in [5.41, 5.74) is 0. The van der Waals surface area contributed by atoms with Crippen molar-refractivity contribution in [1.29, 1.82) is 0 Å². The molecule has 0 aliphatic carbocycles. The summed E-state index contributed by atoms with van der Waals surface area (Å²) in [6.45, 7) is 9.36. The Bertz CT molecular complexity index is 132. The van der Waals surface area contributed by atoms with Gasteiger partial charge in [0.05, 0.1) is 14.1 Å². The normalized spacial score (nSPS) is 26.7. The third-order valence-corrected chi connectivity index (χ3v) is 2.67. The molecular weight excluding hydrogens is 136 g/mol. The Labute approximate surface area is 70.4 Å². The standard InChI is InChI=1S/C9H21N2/c1-8(2)9(3)10-6-11(4,5)7-10/h8-9H,6-7H2,1-5H3/q+1. The zero-order chi connectivity index (χ0) is 8.65. The Kier molecular flexibility index (Phi) is 2.26. The van der Waals surface area contributed by atoms with Gasteiger partial charge in [-0.1, -0.05) is 13.8 Å². The maximum atomic E-state index is 2.55. The van der Waals surface area contributed by atoms with Gasteiger partial charge in [0.1, 0.15) is 13.3 Å². The van der Waals surface area contributed by atoms with Crippen LogP contribution < -0.4 is 0 Å². The molecule has 0 aromatic heterocycles. The van der Waals surface area contributed by atoms with Crippen LogP contribution in [0, 0.1) is 5.92 Å². The number of nitrogens with zero attached hydrogens (tertiary/aromatic N) is 2. The van der Waals surface area contributed by atoms with Crippen LogP contribution in [0.4, 0.5) is 0 Å². The van der Waals surface area contributed by atoms with Gasteiger partial charge in [-0.3, -0.25) is 0 Å². The molecule has 0 amide bonds. The molecule has 1 saturated heterocycles. The number of quaternary nitrogens is 1. The zero-order valence-electron chi connectivity index (χ0n) is 8.46. The molecule has 1 fully saturated rings. The Morgan fingerprint density at radius 2 is 1.55 bits per heavy atom. The van der Waals surface area contributed by atoms with E-state index in [2.05, 4.69) is 39.8 Å². The van der Waals surface area contributed by atoms with Gasteiger partial charge < -0.3 is 4.48 Å². The second-order valence-corrected chi connectivity index (χ2v) is 4.79.